The van der Waals surface area contributed by atoms with Crippen LogP contribution in [0, 0.1) is 0 Å². The molecule has 0 amide bonds. The van der Waals surface area contributed by atoms with Gasteiger partial charge in [-0.1, -0.05) is 87.5 Å². The quantitative estimate of drug-likeness (QED) is 0.520. The van der Waals surface area contributed by atoms with Gasteiger partial charge in [-0.05, 0) is 35.3 Å². The highest BCUT2D eigenvalue weighted by Gasteiger charge is 2.60. The molecule has 0 bridgehead atoms. The molecule has 1 heterocycles. The molecule has 1 aliphatic heterocycles. The Balaban J connectivity index is 1.82. The van der Waals surface area contributed by atoms with Crippen LogP contribution in [-0.4, -0.2) is 56.8 Å². The fourth-order valence-electron chi connectivity index (χ4n) is 5.37. The normalized spacial score (nSPS) is 29.1. The second-order valence-electron chi connectivity index (χ2n) is 10.5. The molecule has 0 spiro atoms. The lowest BCUT2D eigenvalue weighted by Crippen LogP contribution is -2.68. The van der Waals surface area contributed by atoms with E-state index in [-0.39, 0.29) is 11.6 Å². The highest BCUT2D eigenvalue weighted by atomic mass is 28.4. The Kier molecular flexibility index (Phi) is 6.46. The molecule has 1 saturated heterocycles. The lowest BCUT2D eigenvalue weighted by molar-refractivity contribution is -0.166. The zero-order valence-corrected chi connectivity index (χ0v) is 21.4. The molecule has 0 saturated carbocycles. The summed E-state index contributed by atoms with van der Waals surface area (Å²) in [7, 11) is -1.17. The van der Waals surface area contributed by atoms with Crippen LogP contribution in [0.3, 0.4) is 0 Å². The van der Waals surface area contributed by atoms with Gasteiger partial charge in [0.25, 0.3) is 8.32 Å². The monoisotopic (exact) mass is 468 g/mol. The van der Waals surface area contributed by atoms with Gasteiger partial charge >= 0.3 is 0 Å². The van der Waals surface area contributed by atoms with E-state index in [4.69, 9.17) is 18.6 Å². The first-order valence-corrected chi connectivity index (χ1v) is 13.5. The van der Waals surface area contributed by atoms with Crippen molar-refractivity contribution in [3.63, 3.8) is 0 Å². The highest BCUT2D eigenvalue weighted by molar-refractivity contribution is 6.99. The molecule has 178 valence electrons. The number of rotatable bonds is 6. The molecule has 1 aliphatic carbocycles. The first-order valence-electron chi connectivity index (χ1n) is 11.6. The average Bonchev–Trinajstić information content (AvgIpc) is 3.05. The van der Waals surface area contributed by atoms with E-state index in [2.05, 4.69) is 69.3 Å². The smallest absolute Gasteiger partial charge is 0.261 e. The van der Waals surface area contributed by atoms with Gasteiger partial charge in [0.1, 0.15) is 23.9 Å². The molecule has 5 nitrogen and oxygen atoms in total. The van der Waals surface area contributed by atoms with Gasteiger partial charge in [0.05, 0.1) is 6.61 Å². The van der Waals surface area contributed by atoms with E-state index in [0.717, 1.165) is 0 Å². The van der Waals surface area contributed by atoms with Crippen LogP contribution in [0.15, 0.2) is 72.8 Å². The number of hydrogen-bond donors (Lipinski definition) is 1. The van der Waals surface area contributed by atoms with Gasteiger partial charge in [0.15, 0.2) is 5.79 Å². The van der Waals surface area contributed by atoms with Crippen molar-refractivity contribution in [2.24, 2.45) is 0 Å². The number of ether oxygens (including phenoxy) is 3. The van der Waals surface area contributed by atoms with Crippen molar-refractivity contribution in [1.29, 1.82) is 0 Å². The largest absolute Gasteiger partial charge is 0.404 e. The van der Waals surface area contributed by atoms with Gasteiger partial charge in [0, 0.05) is 7.11 Å². The third-order valence-electron chi connectivity index (χ3n) is 6.74. The predicted molar refractivity (Wildman–Crippen MR) is 132 cm³/mol. The predicted octanol–water partition coefficient (Wildman–Crippen LogP) is 3.40. The number of benzene rings is 2. The number of aliphatic hydroxyl groups excluding tert-OH is 1. The summed E-state index contributed by atoms with van der Waals surface area (Å²) in [5, 5.41) is 12.8. The molecule has 0 unspecified atom stereocenters. The van der Waals surface area contributed by atoms with Gasteiger partial charge in [-0.2, -0.15) is 0 Å². The summed E-state index contributed by atoms with van der Waals surface area (Å²) in [6, 6.07) is 21.1. The molecule has 33 heavy (non-hydrogen) atoms. The van der Waals surface area contributed by atoms with E-state index in [9.17, 15) is 5.11 Å². The van der Waals surface area contributed by atoms with Crippen LogP contribution in [0.25, 0.3) is 0 Å². The molecule has 1 fully saturated rings. The molecular weight excluding hydrogens is 432 g/mol. The molecule has 4 rings (SSSR count). The summed E-state index contributed by atoms with van der Waals surface area (Å²) < 4.78 is 25.6. The number of methoxy groups -OCH3 is 1. The second-order valence-corrected chi connectivity index (χ2v) is 14.8. The number of aliphatic hydroxyl groups is 1. The van der Waals surface area contributed by atoms with Crippen LogP contribution in [-0.2, 0) is 18.6 Å². The highest BCUT2D eigenvalue weighted by Crippen LogP contribution is 2.45. The van der Waals surface area contributed by atoms with E-state index in [1.54, 1.807) is 13.2 Å². The molecule has 0 aromatic heterocycles. The molecular formula is C27H36O5Si. The Morgan fingerprint density at radius 1 is 0.970 bits per heavy atom. The average molecular weight is 469 g/mol. The minimum absolute atomic E-state index is 0.157. The zero-order chi connectivity index (χ0) is 23.9. The maximum absolute atomic E-state index is 10.5. The summed E-state index contributed by atoms with van der Waals surface area (Å²) in [6.45, 7) is 10.8. The van der Waals surface area contributed by atoms with Gasteiger partial charge in [-0.15, -0.1) is 0 Å². The van der Waals surface area contributed by atoms with Crippen LogP contribution >= 0.6 is 0 Å². The fraction of sp³-hybridized carbons (Fsp3) is 0.481. The van der Waals surface area contributed by atoms with Crippen molar-refractivity contribution >= 4 is 18.7 Å². The van der Waals surface area contributed by atoms with Gasteiger partial charge in [0.2, 0.25) is 0 Å². The molecule has 2 aromatic rings. The second kappa shape index (κ2) is 8.76. The maximum Gasteiger partial charge on any atom is 0.261 e. The third kappa shape index (κ3) is 4.25. The lowest BCUT2D eigenvalue weighted by atomic mass is 9.85. The molecule has 1 N–H and O–H groups in total. The van der Waals surface area contributed by atoms with Crippen LogP contribution < -0.4 is 10.4 Å². The summed E-state index contributed by atoms with van der Waals surface area (Å²) in [4.78, 5) is 0. The minimum atomic E-state index is -2.77. The van der Waals surface area contributed by atoms with Crippen molar-refractivity contribution < 1.29 is 23.7 Å². The van der Waals surface area contributed by atoms with Crippen molar-refractivity contribution in [3.8, 4) is 0 Å². The molecule has 2 aromatic carbocycles. The van der Waals surface area contributed by atoms with Crippen molar-refractivity contribution in [2.45, 2.75) is 69.4 Å². The van der Waals surface area contributed by atoms with Crippen molar-refractivity contribution in [1.82, 2.24) is 0 Å². The third-order valence-corrected chi connectivity index (χ3v) is 11.7. The standard InChI is InChI=1S/C27H36O5Si/c1-25(2,3)33(20-13-9-7-10-14-20,21-15-11-8-12-16-21)30-19-27-18-17-22(28)23(29-6)24(27)31-26(4,5)32-27/h7-18,22-24,28H,19H2,1-6H3/t22-,23-,24+,27+/m1/s1. The van der Waals surface area contributed by atoms with E-state index < -0.39 is 38.0 Å². The van der Waals surface area contributed by atoms with Gasteiger partial charge in [-0.3, -0.25) is 0 Å². The molecule has 0 radical (unpaired) electrons. The molecule has 6 heteroatoms. The van der Waals surface area contributed by atoms with E-state index in [1.165, 1.54) is 10.4 Å². The Hall–Kier alpha value is -1.80. The van der Waals surface area contributed by atoms with Crippen LogP contribution in [0.5, 0.6) is 0 Å². The van der Waals surface area contributed by atoms with E-state index in [1.807, 2.05) is 32.1 Å². The lowest BCUT2D eigenvalue weighted by Gasteiger charge is -2.46. The SMILES string of the molecule is CO[C@@H]1[C@H](O)C=C[C@@]2(CO[Si](c3ccccc3)(c3ccccc3)C(C)(C)C)OC(C)(C)O[C@@H]12. The zero-order valence-electron chi connectivity index (χ0n) is 20.4. The van der Waals surface area contributed by atoms with Crippen molar-refractivity contribution in [2.75, 3.05) is 13.7 Å². The topological polar surface area (TPSA) is 57.2 Å². The van der Waals surface area contributed by atoms with E-state index >= 15 is 0 Å². The summed E-state index contributed by atoms with van der Waals surface area (Å²) in [5.41, 5.74) is -0.865. The maximum atomic E-state index is 10.5. The van der Waals surface area contributed by atoms with Crippen LogP contribution in [0.1, 0.15) is 34.6 Å². The van der Waals surface area contributed by atoms with Crippen molar-refractivity contribution in [3.05, 3.63) is 72.8 Å². The first kappa shape index (κ1) is 24.3. The Morgan fingerprint density at radius 3 is 2.00 bits per heavy atom. The van der Waals surface area contributed by atoms with Crippen LogP contribution in [0.4, 0.5) is 0 Å². The number of fused-ring (bicyclic) bond motifs is 1. The fourth-order valence-corrected chi connectivity index (χ4v) is 9.97. The first-order chi connectivity index (χ1) is 15.5. The Bertz CT molecular complexity index is 930. The van der Waals surface area contributed by atoms with Gasteiger partial charge in [-0.25, -0.2) is 0 Å². The van der Waals surface area contributed by atoms with Gasteiger partial charge < -0.3 is 23.7 Å². The number of hydrogen-bond acceptors (Lipinski definition) is 5. The van der Waals surface area contributed by atoms with Crippen LogP contribution in [0.2, 0.25) is 5.04 Å². The Labute approximate surface area is 198 Å². The molecule has 2 aliphatic rings. The summed E-state index contributed by atoms with van der Waals surface area (Å²) >= 11 is 0. The molecule has 4 atom stereocenters. The summed E-state index contributed by atoms with van der Waals surface area (Å²) in [6.07, 6.45) is 1.85. The summed E-state index contributed by atoms with van der Waals surface area (Å²) in [5.74, 6) is -0.829. The minimum Gasteiger partial charge on any atom is -0.404 e. The Morgan fingerprint density at radius 2 is 1.52 bits per heavy atom. The van der Waals surface area contributed by atoms with E-state index in [0.29, 0.717) is 0 Å².